The molecular weight excluding hydrogens is 428 g/mol. The van der Waals surface area contributed by atoms with Crippen LogP contribution in [0.5, 0.6) is 5.75 Å². The van der Waals surface area contributed by atoms with Crippen LogP contribution in [-0.2, 0) is 9.59 Å². The summed E-state index contributed by atoms with van der Waals surface area (Å²) in [4.78, 5) is 30.0. The SMILES string of the molecule is CCCCCOc1ccc(C2/C(=C(\O)c3ccccc3)C(=O)C(=O)N2CCN(CC)CC)cc1. The fraction of sp³-hybridized carbons (Fsp3) is 0.429. The Hall–Kier alpha value is -3.12. The lowest BCUT2D eigenvalue weighted by Crippen LogP contribution is -2.38. The van der Waals surface area contributed by atoms with E-state index in [1.807, 2.05) is 30.3 Å². The minimum absolute atomic E-state index is 0.132. The molecule has 2 aromatic rings. The number of hydrogen-bond acceptors (Lipinski definition) is 5. The van der Waals surface area contributed by atoms with E-state index in [4.69, 9.17) is 4.74 Å². The first-order valence-electron chi connectivity index (χ1n) is 12.3. The number of hydrogen-bond donors (Lipinski definition) is 1. The summed E-state index contributed by atoms with van der Waals surface area (Å²) in [6.07, 6.45) is 3.26. The number of aliphatic hydroxyl groups is 1. The first-order chi connectivity index (χ1) is 16.5. The minimum atomic E-state index is -0.648. The van der Waals surface area contributed by atoms with Crippen LogP contribution in [0, 0.1) is 0 Å². The van der Waals surface area contributed by atoms with Gasteiger partial charge in [-0.3, -0.25) is 9.59 Å². The van der Waals surface area contributed by atoms with Crippen LogP contribution >= 0.6 is 0 Å². The van der Waals surface area contributed by atoms with Crippen LogP contribution in [0.3, 0.4) is 0 Å². The molecule has 1 N–H and O–H groups in total. The number of ether oxygens (including phenoxy) is 1. The van der Waals surface area contributed by atoms with Crippen LogP contribution in [0.2, 0.25) is 0 Å². The summed E-state index contributed by atoms with van der Waals surface area (Å²) >= 11 is 0. The predicted molar refractivity (Wildman–Crippen MR) is 135 cm³/mol. The number of unbranched alkanes of at least 4 members (excludes halogenated alkanes) is 2. The lowest BCUT2D eigenvalue weighted by Gasteiger charge is -2.28. The largest absolute Gasteiger partial charge is 0.507 e. The highest BCUT2D eigenvalue weighted by Gasteiger charge is 2.45. The Kier molecular flexibility index (Phi) is 9.28. The third-order valence-electron chi connectivity index (χ3n) is 6.35. The summed E-state index contributed by atoms with van der Waals surface area (Å²) in [5.41, 5.74) is 1.43. The van der Waals surface area contributed by atoms with Gasteiger partial charge in [0.15, 0.2) is 0 Å². The molecule has 0 bridgehead atoms. The molecule has 0 saturated carbocycles. The molecule has 2 aromatic carbocycles. The van der Waals surface area contributed by atoms with Crippen molar-refractivity contribution in [1.82, 2.24) is 9.80 Å². The predicted octanol–water partition coefficient (Wildman–Crippen LogP) is 5.02. The lowest BCUT2D eigenvalue weighted by molar-refractivity contribution is -0.140. The van der Waals surface area contributed by atoms with Crippen molar-refractivity contribution >= 4 is 17.4 Å². The Morgan fingerprint density at radius 2 is 1.65 bits per heavy atom. The van der Waals surface area contributed by atoms with Crippen molar-refractivity contribution in [3.05, 3.63) is 71.3 Å². The lowest BCUT2D eigenvalue weighted by atomic mass is 9.95. The van der Waals surface area contributed by atoms with Crippen molar-refractivity contribution in [2.75, 3.05) is 32.8 Å². The van der Waals surface area contributed by atoms with Gasteiger partial charge in [-0.2, -0.15) is 0 Å². The molecule has 1 unspecified atom stereocenters. The summed E-state index contributed by atoms with van der Waals surface area (Å²) in [6, 6.07) is 15.8. The molecule has 0 aromatic heterocycles. The van der Waals surface area contributed by atoms with Crippen molar-refractivity contribution in [3.63, 3.8) is 0 Å². The van der Waals surface area contributed by atoms with E-state index in [9.17, 15) is 14.7 Å². The molecule has 34 heavy (non-hydrogen) atoms. The Bertz CT molecular complexity index is 981. The average molecular weight is 465 g/mol. The van der Waals surface area contributed by atoms with Gasteiger partial charge in [0.2, 0.25) is 0 Å². The van der Waals surface area contributed by atoms with Gasteiger partial charge in [0.1, 0.15) is 11.5 Å². The summed E-state index contributed by atoms with van der Waals surface area (Å²) in [6.45, 7) is 9.73. The second-order valence-corrected chi connectivity index (χ2v) is 8.51. The van der Waals surface area contributed by atoms with Gasteiger partial charge in [-0.1, -0.05) is 76.1 Å². The van der Waals surface area contributed by atoms with Crippen molar-refractivity contribution in [3.8, 4) is 5.75 Å². The number of amides is 1. The molecule has 1 aliphatic rings. The monoisotopic (exact) mass is 464 g/mol. The molecule has 6 nitrogen and oxygen atoms in total. The number of nitrogens with zero attached hydrogens (tertiary/aromatic N) is 2. The molecule has 1 fully saturated rings. The zero-order valence-corrected chi connectivity index (χ0v) is 20.5. The van der Waals surface area contributed by atoms with E-state index in [1.54, 1.807) is 29.2 Å². The molecule has 1 saturated heterocycles. The van der Waals surface area contributed by atoms with Crippen molar-refractivity contribution in [2.24, 2.45) is 0 Å². The molecule has 6 heteroatoms. The van der Waals surface area contributed by atoms with Gasteiger partial charge in [0.05, 0.1) is 18.2 Å². The van der Waals surface area contributed by atoms with Crippen LogP contribution in [0.4, 0.5) is 0 Å². The van der Waals surface area contributed by atoms with Gasteiger partial charge < -0.3 is 19.6 Å². The number of rotatable bonds is 12. The van der Waals surface area contributed by atoms with E-state index >= 15 is 0 Å². The Labute approximate surface area is 202 Å². The number of aliphatic hydroxyl groups excluding tert-OH is 1. The van der Waals surface area contributed by atoms with E-state index in [2.05, 4.69) is 25.7 Å². The zero-order valence-electron chi connectivity index (χ0n) is 20.5. The van der Waals surface area contributed by atoms with Crippen LogP contribution in [-0.4, -0.2) is 59.4 Å². The fourth-order valence-electron chi connectivity index (χ4n) is 4.29. The molecular formula is C28H36N2O4. The van der Waals surface area contributed by atoms with E-state index < -0.39 is 17.7 Å². The number of ketones is 1. The average Bonchev–Trinajstić information content (AvgIpc) is 3.12. The number of likely N-dealkylation sites (tertiary alicyclic amines) is 1. The highest BCUT2D eigenvalue weighted by molar-refractivity contribution is 6.46. The molecule has 0 spiro atoms. The standard InChI is InChI=1S/C28H36N2O4/c1-4-7-11-20-34-23-16-14-21(15-17-23)25-24(26(31)22-12-9-8-10-13-22)27(32)28(33)30(25)19-18-29(5-2)6-3/h8-10,12-17,25,31H,4-7,11,18-20H2,1-3H3/b26-24+. The topological polar surface area (TPSA) is 70.1 Å². The van der Waals surface area contributed by atoms with E-state index in [-0.39, 0.29) is 11.3 Å². The first-order valence-corrected chi connectivity index (χ1v) is 12.3. The highest BCUT2D eigenvalue weighted by atomic mass is 16.5. The maximum Gasteiger partial charge on any atom is 0.295 e. The third kappa shape index (κ3) is 5.86. The Balaban J connectivity index is 1.95. The van der Waals surface area contributed by atoms with Gasteiger partial charge >= 0.3 is 0 Å². The quantitative estimate of drug-likeness (QED) is 0.207. The molecule has 0 aliphatic carbocycles. The molecule has 1 heterocycles. The van der Waals surface area contributed by atoms with Gasteiger partial charge in [-0.25, -0.2) is 0 Å². The molecule has 1 atom stereocenters. The van der Waals surface area contributed by atoms with Crippen LogP contribution < -0.4 is 4.74 Å². The third-order valence-corrected chi connectivity index (χ3v) is 6.35. The Morgan fingerprint density at radius 3 is 2.26 bits per heavy atom. The Morgan fingerprint density at radius 1 is 0.971 bits per heavy atom. The van der Waals surface area contributed by atoms with E-state index in [1.165, 1.54) is 0 Å². The van der Waals surface area contributed by atoms with Gasteiger partial charge in [0, 0.05) is 18.7 Å². The first kappa shape index (κ1) is 25.5. The van der Waals surface area contributed by atoms with Gasteiger partial charge in [-0.15, -0.1) is 0 Å². The summed E-state index contributed by atoms with van der Waals surface area (Å²) in [5.74, 6) is -0.613. The fourth-order valence-corrected chi connectivity index (χ4v) is 4.29. The molecule has 3 rings (SSSR count). The van der Waals surface area contributed by atoms with E-state index in [0.717, 1.165) is 43.7 Å². The van der Waals surface area contributed by atoms with Crippen molar-refractivity contribution < 1.29 is 19.4 Å². The molecule has 0 radical (unpaired) electrons. The number of likely N-dealkylation sites (N-methyl/N-ethyl adjacent to an activating group) is 1. The minimum Gasteiger partial charge on any atom is -0.507 e. The highest BCUT2D eigenvalue weighted by Crippen LogP contribution is 2.39. The van der Waals surface area contributed by atoms with E-state index in [0.29, 0.717) is 25.3 Å². The van der Waals surface area contributed by atoms with Crippen LogP contribution in [0.1, 0.15) is 57.2 Å². The second-order valence-electron chi connectivity index (χ2n) is 8.51. The van der Waals surface area contributed by atoms with Crippen molar-refractivity contribution in [1.29, 1.82) is 0 Å². The van der Waals surface area contributed by atoms with Gasteiger partial charge in [-0.05, 0) is 37.2 Å². The van der Waals surface area contributed by atoms with Crippen molar-refractivity contribution in [2.45, 2.75) is 46.1 Å². The number of benzene rings is 2. The van der Waals surface area contributed by atoms with Crippen LogP contribution in [0.25, 0.3) is 5.76 Å². The normalized spacial score (nSPS) is 17.5. The second kappa shape index (κ2) is 12.4. The molecule has 1 amide bonds. The molecule has 1 aliphatic heterocycles. The number of carbonyl (C=O) groups is 2. The summed E-state index contributed by atoms with van der Waals surface area (Å²) in [5, 5.41) is 11.1. The maximum absolute atomic E-state index is 13.1. The van der Waals surface area contributed by atoms with Crippen LogP contribution in [0.15, 0.2) is 60.2 Å². The maximum atomic E-state index is 13.1. The molecule has 182 valence electrons. The smallest absolute Gasteiger partial charge is 0.295 e. The summed E-state index contributed by atoms with van der Waals surface area (Å²) in [7, 11) is 0. The summed E-state index contributed by atoms with van der Waals surface area (Å²) < 4.78 is 5.83. The number of carbonyl (C=O) groups excluding carboxylic acids is 2. The van der Waals surface area contributed by atoms with Gasteiger partial charge in [0.25, 0.3) is 11.7 Å². The zero-order chi connectivity index (χ0) is 24.5. The number of Topliss-reactive ketones (excluding diaryl/α,β-unsaturated/α-hetero) is 1.